The van der Waals surface area contributed by atoms with Gasteiger partial charge in [0.05, 0.1) is 4.90 Å². The van der Waals surface area contributed by atoms with Crippen LogP contribution in [-0.2, 0) is 10.0 Å². The van der Waals surface area contributed by atoms with E-state index in [2.05, 4.69) is 11.6 Å². The lowest BCUT2D eigenvalue weighted by Crippen LogP contribution is -2.35. The molecule has 0 unspecified atom stereocenters. The summed E-state index contributed by atoms with van der Waals surface area (Å²) in [6.45, 7) is 6.46. The molecule has 0 aliphatic heterocycles. The Morgan fingerprint density at radius 1 is 1.24 bits per heavy atom. The van der Waals surface area contributed by atoms with Gasteiger partial charge in [0.2, 0.25) is 10.0 Å². The normalized spacial score (nSPS) is 18.0. The summed E-state index contributed by atoms with van der Waals surface area (Å²) >= 11 is 0. The smallest absolute Gasteiger partial charge is 0.240 e. The highest BCUT2D eigenvalue weighted by atomic mass is 32.2. The Kier molecular flexibility index (Phi) is 4.63. The fourth-order valence-corrected chi connectivity index (χ4v) is 4.40. The maximum Gasteiger partial charge on any atom is 0.240 e. The second kappa shape index (κ2) is 5.97. The minimum absolute atomic E-state index is 0.137. The van der Waals surface area contributed by atoms with Gasteiger partial charge < -0.3 is 5.73 Å². The number of anilines is 1. The van der Waals surface area contributed by atoms with Crippen LogP contribution in [-0.4, -0.2) is 15.0 Å². The second-order valence-electron chi connectivity index (χ2n) is 6.34. The molecule has 1 aliphatic rings. The molecule has 1 aromatic carbocycles. The van der Waals surface area contributed by atoms with E-state index in [0.29, 0.717) is 12.2 Å². The zero-order valence-corrected chi connectivity index (χ0v) is 14.0. The second-order valence-corrected chi connectivity index (χ2v) is 8.11. The fraction of sp³-hybridized carbons (Fsp3) is 0.625. The number of hydrogen-bond donors (Lipinski definition) is 2. The van der Waals surface area contributed by atoms with Gasteiger partial charge in [0.15, 0.2) is 0 Å². The predicted octanol–water partition coefficient (Wildman–Crippen LogP) is 3.13. The van der Waals surface area contributed by atoms with E-state index in [1.54, 1.807) is 12.1 Å². The molecule has 0 aromatic heterocycles. The molecule has 1 aliphatic carbocycles. The lowest BCUT2D eigenvalue weighted by molar-refractivity contribution is 0.285. The Labute approximate surface area is 128 Å². The number of benzene rings is 1. The Hall–Kier alpha value is -1.07. The SMILES string of the molecule is CCC1(CNS(=O)(=O)c2cc(C)c(C)c(N)c2)CCCC1. The van der Waals surface area contributed by atoms with Crippen LogP contribution in [0.5, 0.6) is 0 Å². The molecule has 21 heavy (non-hydrogen) atoms. The number of hydrogen-bond acceptors (Lipinski definition) is 3. The summed E-state index contributed by atoms with van der Waals surface area (Å²) in [4.78, 5) is 0.271. The van der Waals surface area contributed by atoms with Crippen LogP contribution < -0.4 is 10.5 Å². The van der Waals surface area contributed by atoms with Gasteiger partial charge in [-0.1, -0.05) is 19.8 Å². The molecule has 0 amide bonds. The van der Waals surface area contributed by atoms with E-state index < -0.39 is 10.0 Å². The maximum atomic E-state index is 12.5. The average Bonchev–Trinajstić information content (AvgIpc) is 2.92. The summed E-state index contributed by atoms with van der Waals surface area (Å²) in [6.07, 6.45) is 5.64. The topological polar surface area (TPSA) is 72.2 Å². The van der Waals surface area contributed by atoms with E-state index in [4.69, 9.17) is 5.73 Å². The van der Waals surface area contributed by atoms with Gasteiger partial charge in [0.1, 0.15) is 0 Å². The van der Waals surface area contributed by atoms with Crippen molar-refractivity contribution in [2.45, 2.75) is 57.8 Å². The highest BCUT2D eigenvalue weighted by molar-refractivity contribution is 7.89. The molecule has 0 heterocycles. The van der Waals surface area contributed by atoms with Gasteiger partial charge in [0, 0.05) is 12.2 Å². The summed E-state index contributed by atoms with van der Waals surface area (Å²) in [7, 11) is -3.49. The van der Waals surface area contributed by atoms with Crippen LogP contribution in [0.25, 0.3) is 0 Å². The van der Waals surface area contributed by atoms with Crippen molar-refractivity contribution in [3.63, 3.8) is 0 Å². The molecule has 5 heteroatoms. The monoisotopic (exact) mass is 310 g/mol. The number of nitrogens with two attached hydrogens (primary N) is 1. The zero-order valence-electron chi connectivity index (χ0n) is 13.2. The van der Waals surface area contributed by atoms with Gasteiger partial charge in [0.25, 0.3) is 0 Å². The van der Waals surface area contributed by atoms with Crippen molar-refractivity contribution in [2.75, 3.05) is 12.3 Å². The van der Waals surface area contributed by atoms with Crippen LogP contribution in [0.2, 0.25) is 0 Å². The van der Waals surface area contributed by atoms with Crippen molar-refractivity contribution >= 4 is 15.7 Å². The first-order valence-electron chi connectivity index (χ1n) is 7.66. The quantitative estimate of drug-likeness (QED) is 0.821. The standard InChI is InChI=1S/C16H26N2O2S/c1-4-16(7-5-6-8-16)11-18-21(19,20)14-9-12(2)13(3)15(17)10-14/h9-10,18H,4-8,11,17H2,1-3H3. The van der Waals surface area contributed by atoms with Gasteiger partial charge in [-0.15, -0.1) is 0 Å². The molecule has 0 spiro atoms. The third-order valence-corrected chi connectivity index (χ3v) is 6.42. The molecule has 0 bridgehead atoms. The van der Waals surface area contributed by atoms with Crippen LogP contribution in [0.4, 0.5) is 5.69 Å². The van der Waals surface area contributed by atoms with Gasteiger partial charge >= 0.3 is 0 Å². The molecular weight excluding hydrogens is 284 g/mol. The Morgan fingerprint density at radius 3 is 2.38 bits per heavy atom. The summed E-state index contributed by atoms with van der Waals surface area (Å²) < 4.78 is 27.8. The first-order valence-corrected chi connectivity index (χ1v) is 9.14. The van der Waals surface area contributed by atoms with Crippen LogP contribution in [0.3, 0.4) is 0 Å². The first kappa shape index (κ1) is 16.3. The third-order valence-electron chi connectivity index (χ3n) is 5.04. The molecule has 1 fully saturated rings. The minimum atomic E-state index is -3.49. The highest BCUT2D eigenvalue weighted by Crippen LogP contribution is 2.40. The van der Waals surface area contributed by atoms with Crippen molar-refractivity contribution < 1.29 is 8.42 Å². The van der Waals surface area contributed by atoms with Crippen LogP contribution >= 0.6 is 0 Å². The van der Waals surface area contributed by atoms with Crippen molar-refractivity contribution in [3.05, 3.63) is 23.3 Å². The number of aryl methyl sites for hydroxylation is 1. The van der Waals surface area contributed by atoms with Crippen LogP contribution in [0, 0.1) is 19.3 Å². The van der Waals surface area contributed by atoms with Gasteiger partial charge in [-0.05, 0) is 61.8 Å². The molecule has 0 saturated heterocycles. The number of sulfonamides is 1. The predicted molar refractivity (Wildman–Crippen MR) is 86.7 cm³/mol. The number of rotatable bonds is 5. The number of nitrogen functional groups attached to an aromatic ring is 1. The zero-order chi connectivity index (χ0) is 15.7. The molecule has 0 radical (unpaired) electrons. The van der Waals surface area contributed by atoms with Crippen LogP contribution in [0.1, 0.15) is 50.2 Å². The summed E-state index contributed by atoms with van der Waals surface area (Å²) in [5.41, 5.74) is 8.41. The molecule has 1 saturated carbocycles. The van der Waals surface area contributed by atoms with Gasteiger partial charge in [-0.25, -0.2) is 13.1 Å². The van der Waals surface area contributed by atoms with Gasteiger partial charge in [-0.2, -0.15) is 0 Å². The summed E-state index contributed by atoms with van der Waals surface area (Å²) in [6, 6.07) is 3.25. The van der Waals surface area contributed by atoms with E-state index in [9.17, 15) is 8.42 Å². The summed E-state index contributed by atoms with van der Waals surface area (Å²) in [5, 5.41) is 0. The molecule has 0 atom stereocenters. The molecule has 2 rings (SSSR count). The Balaban J connectivity index is 2.19. The lowest BCUT2D eigenvalue weighted by Gasteiger charge is -2.27. The molecule has 118 valence electrons. The van der Waals surface area contributed by atoms with E-state index in [1.807, 2.05) is 13.8 Å². The van der Waals surface area contributed by atoms with E-state index in [0.717, 1.165) is 30.4 Å². The summed E-state index contributed by atoms with van der Waals surface area (Å²) in [5.74, 6) is 0. The molecule has 4 nitrogen and oxygen atoms in total. The molecular formula is C16H26N2O2S. The molecule has 1 aromatic rings. The van der Waals surface area contributed by atoms with Gasteiger partial charge in [-0.3, -0.25) is 0 Å². The highest BCUT2D eigenvalue weighted by Gasteiger charge is 2.33. The minimum Gasteiger partial charge on any atom is -0.398 e. The fourth-order valence-electron chi connectivity index (χ4n) is 3.12. The third kappa shape index (κ3) is 3.40. The largest absolute Gasteiger partial charge is 0.398 e. The Morgan fingerprint density at radius 2 is 1.86 bits per heavy atom. The molecule has 3 N–H and O–H groups in total. The van der Waals surface area contributed by atoms with E-state index in [1.165, 1.54) is 12.8 Å². The number of nitrogens with one attached hydrogen (secondary N) is 1. The maximum absolute atomic E-state index is 12.5. The van der Waals surface area contributed by atoms with Crippen LogP contribution in [0.15, 0.2) is 17.0 Å². The van der Waals surface area contributed by atoms with Crippen molar-refractivity contribution in [1.29, 1.82) is 0 Å². The van der Waals surface area contributed by atoms with Crippen molar-refractivity contribution in [1.82, 2.24) is 4.72 Å². The Bertz CT molecular complexity index is 594. The van der Waals surface area contributed by atoms with Crippen molar-refractivity contribution in [3.8, 4) is 0 Å². The van der Waals surface area contributed by atoms with Crippen molar-refractivity contribution in [2.24, 2.45) is 5.41 Å². The lowest BCUT2D eigenvalue weighted by atomic mass is 9.84. The average molecular weight is 310 g/mol. The van der Waals surface area contributed by atoms with E-state index >= 15 is 0 Å². The van der Waals surface area contributed by atoms with E-state index in [-0.39, 0.29) is 10.3 Å². The first-order chi connectivity index (χ1) is 9.80.